The Hall–Kier alpha value is -1.69. The Bertz CT molecular complexity index is 517. The zero-order valence-electron chi connectivity index (χ0n) is 11.9. The number of hydrogen-bond donors (Lipinski definition) is 2. The first kappa shape index (κ1) is 13.3. The largest absolute Gasteiger partial charge is 0.370 e. The molecule has 3 heterocycles. The maximum absolute atomic E-state index is 11.5. The number of nitrogens with one attached hydrogen (secondary N) is 2. The fourth-order valence-electron chi connectivity index (χ4n) is 2.86. The van der Waals surface area contributed by atoms with Gasteiger partial charge in [0.05, 0.1) is 5.69 Å². The van der Waals surface area contributed by atoms with Crippen LogP contribution in [0, 0.1) is 6.92 Å². The number of carbonyl (C=O) groups is 1. The number of aromatic nitrogens is 2. The van der Waals surface area contributed by atoms with Crippen molar-refractivity contribution in [2.24, 2.45) is 0 Å². The molecule has 2 aliphatic heterocycles. The molecule has 6 heteroatoms. The summed E-state index contributed by atoms with van der Waals surface area (Å²) in [5.41, 5.74) is 2.29. The molecular formula is C14H21N5O. The predicted octanol–water partition coefficient (Wildman–Crippen LogP) is 0.813. The van der Waals surface area contributed by atoms with Gasteiger partial charge in [0, 0.05) is 44.7 Å². The Balaban J connectivity index is 1.53. The summed E-state index contributed by atoms with van der Waals surface area (Å²) in [7, 11) is 0. The topological polar surface area (TPSA) is 70.2 Å². The number of aryl methyl sites for hydroxylation is 1. The highest BCUT2D eigenvalue weighted by Crippen LogP contribution is 2.21. The number of carbonyl (C=O) groups excluding carboxylic acids is 1. The van der Waals surface area contributed by atoms with Gasteiger partial charge in [-0.15, -0.1) is 0 Å². The van der Waals surface area contributed by atoms with Gasteiger partial charge in [-0.3, -0.25) is 4.79 Å². The number of rotatable bonds is 5. The maximum Gasteiger partial charge on any atom is 0.222 e. The third-order valence-electron chi connectivity index (χ3n) is 3.87. The second-order valence-electron chi connectivity index (χ2n) is 5.41. The fraction of sp³-hybridized carbons (Fsp3) is 0.643. The van der Waals surface area contributed by atoms with Crippen LogP contribution in [0.2, 0.25) is 0 Å². The third-order valence-corrected chi connectivity index (χ3v) is 3.87. The molecule has 0 aromatic carbocycles. The summed E-state index contributed by atoms with van der Waals surface area (Å²) >= 11 is 0. The lowest BCUT2D eigenvalue weighted by molar-refractivity contribution is -0.127. The van der Waals surface area contributed by atoms with E-state index < -0.39 is 0 Å². The van der Waals surface area contributed by atoms with E-state index in [2.05, 4.69) is 20.6 Å². The molecule has 1 aromatic rings. The molecule has 0 atom stereocenters. The molecule has 0 spiro atoms. The smallest absolute Gasteiger partial charge is 0.222 e. The standard InChI is InChI=1S/C14H21N5O/c1-10-17-12-9-15-8-11(12)14(18-10)16-5-3-7-19-6-2-4-13(19)20/h15H,2-9H2,1H3,(H,16,17,18). The summed E-state index contributed by atoms with van der Waals surface area (Å²) < 4.78 is 0. The van der Waals surface area contributed by atoms with E-state index in [1.54, 1.807) is 0 Å². The molecule has 0 radical (unpaired) electrons. The zero-order chi connectivity index (χ0) is 13.9. The van der Waals surface area contributed by atoms with Gasteiger partial charge >= 0.3 is 0 Å². The lowest BCUT2D eigenvalue weighted by atomic mass is 10.2. The molecule has 3 rings (SSSR count). The summed E-state index contributed by atoms with van der Waals surface area (Å²) in [5.74, 6) is 2.06. The van der Waals surface area contributed by atoms with E-state index in [1.165, 1.54) is 5.56 Å². The van der Waals surface area contributed by atoms with E-state index in [0.717, 1.165) is 69.3 Å². The van der Waals surface area contributed by atoms with Crippen molar-refractivity contribution >= 4 is 11.7 Å². The molecule has 0 unspecified atom stereocenters. The monoisotopic (exact) mass is 275 g/mol. The number of likely N-dealkylation sites (tertiary alicyclic amines) is 1. The van der Waals surface area contributed by atoms with E-state index in [1.807, 2.05) is 11.8 Å². The van der Waals surface area contributed by atoms with Crippen molar-refractivity contribution in [3.63, 3.8) is 0 Å². The van der Waals surface area contributed by atoms with Crippen molar-refractivity contribution in [3.8, 4) is 0 Å². The van der Waals surface area contributed by atoms with Crippen LogP contribution in [0.15, 0.2) is 0 Å². The molecule has 6 nitrogen and oxygen atoms in total. The molecule has 1 saturated heterocycles. The molecule has 2 aliphatic rings. The maximum atomic E-state index is 11.5. The van der Waals surface area contributed by atoms with Crippen molar-refractivity contribution in [2.45, 2.75) is 39.3 Å². The van der Waals surface area contributed by atoms with Crippen molar-refractivity contribution < 1.29 is 4.79 Å². The minimum absolute atomic E-state index is 0.299. The summed E-state index contributed by atoms with van der Waals surface area (Å²) in [6.07, 6.45) is 2.69. The van der Waals surface area contributed by atoms with E-state index >= 15 is 0 Å². The number of amides is 1. The van der Waals surface area contributed by atoms with Crippen LogP contribution in [-0.2, 0) is 17.9 Å². The lowest BCUT2D eigenvalue weighted by Gasteiger charge is -2.16. The molecule has 2 N–H and O–H groups in total. The van der Waals surface area contributed by atoms with Gasteiger partial charge < -0.3 is 15.5 Å². The summed E-state index contributed by atoms with van der Waals surface area (Å²) in [5, 5.41) is 6.70. The Morgan fingerprint density at radius 3 is 3.05 bits per heavy atom. The second-order valence-corrected chi connectivity index (χ2v) is 5.41. The van der Waals surface area contributed by atoms with E-state index in [9.17, 15) is 4.79 Å². The number of anilines is 1. The molecule has 1 fully saturated rings. The van der Waals surface area contributed by atoms with Gasteiger partial charge in [-0.2, -0.15) is 0 Å². The highest BCUT2D eigenvalue weighted by molar-refractivity contribution is 5.78. The average molecular weight is 275 g/mol. The predicted molar refractivity (Wildman–Crippen MR) is 76.2 cm³/mol. The van der Waals surface area contributed by atoms with E-state index in [0.29, 0.717) is 5.91 Å². The summed E-state index contributed by atoms with van der Waals surface area (Å²) in [6.45, 7) is 6.19. The first-order chi connectivity index (χ1) is 9.74. The van der Waals surface area contributed by atoms with Crippen LogP contribution < -0.4 is 10.6 Å². The molecular weight excluding hydrogens is 254 g/mol. The zero-order valence-corrected chi connectivity index (χ0v) is 11.9. The van der Waals surface area contributed by atoms with Crippen LogP contribution >= 0.6 is 0 Å². The molecule has 0 saturated carbocycles. The first-order valence-corrected chi connectivity index (χ1v) is 7.33. The van der Waals surface area contributed by atoms with Gasteiger partial charge in [-0.1, -0.05) is 0 Å². The van der Waals surface area contributed by atoms with Crippen LogP contribution in [0.25, 0.3) is 0 Å². The Morgan fingerprint density at radius 2 is 2.25 bits per heavy atom. The third kappa shape index (κ3) is 2.75. The molecule has 1 aromatic heterocycles. The van der Waals surface area contributed by atoms with Gasteiger partial charge in [0.25, 0.3) is 0 Å². The number of fused-ring (bicyclic) bond motifs is 1. The van der Waals surface area contributed by atoms with Crippen LogP contribution in [0.4, 0.5) is 5.82 Å². The van der Waals surface area contributed by atoms with E-state index in [-0.39, 0.29) is 0 Å². The van der Waals surface area contributed by atoms with Gasteiger partial charge in [-0.05, 0) is 19.8 Å². The van der Waals surface area contributed by atoms with Crippen LogP contribution in [-0.4, -0.2) is 40.4 Å². The van der Waals surface area contributed by atoms with Gasteiger partial charge in [-0.25, -0.2) is 9.97 Å². The lowest BCUT2D eigenvalue weighted by Crippen LogP contribution is -2.27. The Kier molecular flexibility index (Phi) is 3.82. The highest BCUT2D eigenvalue weighted by atomic mass is 16.2. The van der Waals surface area contributed by atoms with Crippen molar-refractivity contribution in [3.05, 3.63) is 17.1 Å². The Labute approximate surface area is 119 Å². The number of nitrogens with zero attached hydrogens (tertiary/aromatic N) is 3. The molecule has 1 amide bonds. The summed E-state index contributed by atoms with van der Waals surface area (Å²) in [4.78, 5) is 22.4. The minimum atomic E-state index is 0.299. The normalized spacial score (nSPS) is 17.6. The van der Waals surface area contributed by atoms with Crippen molar-refractivity contribution in [1.82, 2.24) is 20.2 Å². The van der Waals surface area contributed by atoms with Crippen LogP contribution in [0.1, 0.15) is 36.3 Å². The van der Waals surface area contributed by atoms with E-state index in [4.69, 9.17) is 0 Å². The minimum Gasteiger partial charge on any atom is -0.370 e. The second kappa shape index (κ2) is 5.75. The SMILES string of the molecule is Cc1nc2c(c(NCCCN3CCCC3=O)n1)CNC2. The molecule has 108 valence electrons. The molecule has 0 bridgehead atoms. The Morgan fingerprint density at radius 1 is 1.35 bits per heavy atom. The molecule has 20 heavy (non-hydrogen) atoms. The highest BCUT2D eigenvalue weighted by Gasteiger charge is 2.20. The van der Waals surface area contributed by atoms with Crippen LogP contribution in [0.5, 0.6) is 0 Å². The number of hydrogen-bond acceptors (Lipinski definition) is 5. The van der Waals surface area contributed by atoms with Gasteiger partial charge in [0.2, 0.25) is 5.91 Å². The average Bonchev–Trinajstić information content (AvgIpc) is 3.03. The quantitative estimate of drug-likeness (QED) is 0.778. The van der Waals surface area contributed by atoms with Crippen LogP contribution in [0.3, 0.4) is 0 Å². The van der Waals surface area contributed by atoms with Gasteiger partial charge in [0.15, 0.2) is 0 Å². The summed E-state index contributed by atoms with van der Waals surface area (Å²) in [6, 6.07) is 0. The van der Waals surface area contributed by atoms with Gasteiger partial charge in [0.1, 0.15) is 11.6 Å². The molecule has 0 aliphatic carbocycles. The van der Waals surface area contributed by atoms with Crippen molar-refractivity contribution in [2.75, 3.05) is 25.0 Å². The fourth-order valence-corrected chi connectivity index (χ4v) is 2.86. The first-order valence-electron chi connectivity index (χ1n) is 7.33. The van der Waals surface area contributed by atoms with Crippen molar-refractivity contribution in [1.29, 1.82) is 0 Å².